The zero-order valence-electron chi connectivity index (χ0n) is 5.15. The highest BCUT2D eigenvalue weighted by Crippen LogP contribution is 2.83. The molecule has 0 aromatic carbocycles. The Morgan fingerprint density at radius 3 is 2.50 bits per heavy atom. The van der Waals surface area contributed by atoms with E-state index in [0.29, 0.717) is 5.54 Å². The Hall–Kier alpha value is -0.0400. The van der Waals surface area contributed by atoms with Gasteiger partial charge >= 0.3 is 0 Å². The van der Waals surface area contributed by atoms with Crippen LogP contribution in [-0.4, -0.2) is 12.6 Å². The van der Waals surface area contributed by atoms with E-state index in [4.69, 9.17) is 0 Å². The summed E-state index contributed by atoms with van der Waals surface area (Å²) in [6, 6.07) is 0. The summed E-state index contributed by atoms with van der Waals surface area (Å²) in [7, 11) is 2.12. The molecule has 4 aliphatic rings. The Morgan fingerprint density at radius 2 is 2.25 bits per heavy atom. The predicted octanol–water partition coefficient (Wildman–Crippen LogP) is 0.614. The summed E-state index contributed by atoms with van der Waals surface area (Å²) >= 11 is 0. The number of hydrogen-bond acceptors (Lipinski definition) is 1. The third-order valence-corrected chi connectivity index (χ3v) is 3.61. The van der Waals surface area contributed by atoms with Crippen LogP contribution in [0, 0.1) is 17.8 Å². The summed E-state index contributed by atoms with van der Waals surface area (Å²) in [6.45, 7) is 0. The van der Waals surface area contributed by atoms with E-state index in [9.17, 15) is 0 Å². The number of nitrogens with one attached hydrogen (secondary N) is 1. The smallest absolute Gasteiger partial charge is 0.0247 e. The molecule has 4 rings (SSSR count). The van der Waals surface area contributed by atoms with E-state index in [0.717, 1.165) is 11.8 Å². The van der Waals surface area contributed by atoms with Crippen LogP contribution in [0.15, 0.2) is 0 Å². The first kappa shape index (κ1) is 3.89. The maximum absolute atomic E-state index is 3.44. The Balaban J connectivity index is 1.98. The SMILES string of the molecule is CNC12CCC3C1C32. The van der Waals surface area contributed by atoms with Crippen LogP contribution >= 0.6 is 0 Å². The number of rotatable bonds is 1. The van der Waals surface area contributed by atoms with E-state index in [1.807, 2.05) is 0 Å². The molecule has 0 aromatic rings. The van der Waals surface area contributed by atoms with Crippen molar-refractivity contribution in [2.45, 2.75) is 18.4 Å². The fraction of sp³-hybridized carbons (Fsp3) is 1.00. The van der Waals surface area contributed by atoms with Gasteiger partial charge in [-0.1, -0.05) is 0 Å². The molecule has 0 saturated heterocycles. The van der Waals surface area contributed by atoms with Gasteiger partial charge in [0, 0.05) is 5.54 Å². The maximum atomic E-state index is 3.44. The lowest BCUT2D eigenvalue weighted by molar-refractivity contribution is 0.453. The van der Waals surface area contributed by atoms with Crippen LogP contribution in [0.3, 0.4) is 0 Å². The first-order valence-corrected chi connectivity index (χ1v) is 3.59. The van der Waals surface area contributed by atoms with Crippen LogP contribution in [0.25, 0.3) is 0 Å². The highest BCUT2D eigenvalue weighted by Gasteiger charge is 2.86. The van der Waals surface area contributed by atoms with Crippen LogP contribution in [0.4, 0.5) is 0 Å². The van der Waals surface area contributed by atoms with Gasteiger partial charge in [-0.3, -0.25) is 0 Å². The molecular formula is C7H11N. The predicted molar refractivity (Wildman–Crippen MR) is 31.5 cm³/mol. The van der Waals surface area contributed by atoms with Crippen molar-refractivity contribution in [2.75, 3.05) is 7.05 Å². The molecule has 8 heavy (non-hydrogen) atoms. The molecule has 4 aliphatic carbocycles. The van der Waals surface area contributed by atoms with Gasteiger partial charge in [0.1, 0.15) is 0 Å². The van der Waals surface area contributed by atoms with Crippen molar-refractivity contribution in [1.82, 2.24) is 5.32 Å². The third kappa shape index (κ3) is 0.175. The van der Waals surface area contributed by atoms with Gasteiger partial charge < -0.3 is 5.32 Å². The van der Waals surface area contributed by atoms with E-state index in [2.05, 4.69) is 12.4 Å². The molecule has 44 valence electrons. The summed E-state index contributed by atoms with van der Waals surface area (Å²) in [5.41, 5.74) is 0.713. The van der Waals surface area contributed by atoms with Crippen LogP contribution in [0.2, 0.25) is 0 Å². The Morgan fingerprint density at radius 1 is 1.50 bits per heavy atom. The van der Waals surface area contributed by atoms with Crippen LogP contribution in [0.5, 0.6) is 0 Å². The summed E-state index contributed by atoms with van der Waals surface area (Å²) in [4.78, 5) is 0. The zero-order valence-corrected chi connectivity index (χ0v) is 5.15. The maximum Gasteiger partial charge on any atom is 0.0247 e. The Kier molecular flexibility index (Phi) is 0.372. The average Bonchev–Trinajstić information content (AvgIpc) is 2.58. The van der Waals surface area contributed by atoms with Gasteiger partial charge in [0.25, 0.3) is 0 Å². The van der Waals surface area contributed by atoms with Crippen molar-refractivity contribution in [3.05, 3.63) is 0 Å². The lowest BCUT2D eigenvalue weighted by Gasteiger charge is -2.13. The van der Waals surface area contributed by atoms with Crippen LogP contribution in [-0.2, 0) is 0 Å². The molecule has 1 N–H and O–H groups in total. The van der Waals surface area contributed by atoms with Gasteiger partial charge in [-0.25, -0.2) is 0 Å². The minimum Gasteiger partial charge on any atom is -0.314 e. The van der Waals surface area contributed by atoms with Gasteiger partial charge in [0.15, 0.2) is 0 Å². The molecule has 2 bridgehead atoms. The minimum atomic E-state index is 0.713. The van der Waals surface area contributed by atoms with E-state index in [-0.39, 0.29) is 0 Å². The molecule has 0 heterocycles. The van der Waals surface area contributed by atoms with Crippen molar-refractivity contribution >= 4 is 0 Å². The highest BCUT2D eigenvalue weighted by molar-refractivity contribution is 5.39. The van der Waals surface area contributed by atoms with Gasteiger partial charge in [0.2, 0.25) is 0 Å². The third-order valence-electron chi connectivity index (χ3n) is 3.61. The summed E-state index contributed by atoms with van der Waals surface area (Å²) < 4.78 is 0. The lowest BCUT2D eigenvalue weighted by Crippen LogP contribution is -2.31. The summed E-state index contributed by atoms with van der Waals surface area (Å²) in [5.74, 6) is 3.47. The average molecular weight is 109 g/mol. The fourth-order valence-electron chi connectivity index (χ4n) is 3.08. The van der Waals surface area contributed by atoms with Crippen molar-refractivity contribution < 1.29 is 0 Å². The molecule has 0 aromatic heterocycles. The van der Waals surface area contributed by atoms with Crippen molar-refractivity contribution in [3.63, 3.8) is 0 Å². The largest absolute Gasteiger partial charge is 0.314 e. The molecule has 0 radical (unpaired) electrons. The van der Waals surface area contributed by atoms with Gasteiger partial charge in [-0.05, 0) is 37.6 Å². The van der Waals surface area contributed by atoms with E-state index < -0.39 is 0 Å². The second kappa shape index (κ2) is 0.766. The molecular weight excluding hydrogens is 98.1 g/mol. The minimum absolute atomic E-state index is 0.713. The fourth-order valence-corrected chi connectivity index (χ4v) is 3.08. The topological polar surface area (TPSA) is 12.0 Å². The lowest BCUT2D eigenvalue weighted by atomic mass is 10.1. The first-order valence-electron chi connectivity index (χ1n) is 3.59. The van der Waals surface area contributed by atoms with Crippen molar-refractivity contribution in [2.24, 2.45) is 17.8 Å². The van der Waals surface area contributed by atoms with E-state index >= 15 is 0 Å². The standard InChI is InChI=1S/C7H11N/c1-8-7-3-2-4-5(7)6(4)7/h4-6,8H,2-3H2,1H3. The summed E-state index contributed by atoms with van der Waals surface area (Å²) in [5, 5.41) is 3.44. The van der Waals surface area contributed by atoms with Gasteiger partial charge in [-0.2, -0.15) is 0 Å². The molecule has 1 nitrogen and oxygen atoms in total. The summed E-state index contributed by atoms with van der Waals surface area (Å²) in [6.07, 6.45) is 3.00. The molecule has 0 amide bonds. The molecule has 2 atom stereocenters. The second-order valence-electron chi connectivity index (χ2n) is 3.54. The Bertz CT molecular complexity index is 142. The Labute approximate surface area is 49.5 Å². The van der Waals surface area contributed by atoms with E-state index in [1.165, 1.54) is 18.8 Å². The number of fused-ring (bicyclic) bond motifs is 1. The first-order chi connectivity index (χ1) is 3.90. The molecule has 0 spiro atoms. The monoisotopic (exact) mass is 109 g/mol. The normalized spacial score (nSPS) is 72.4. The van der Waals surface area contributed by atoms with Crippen molar-refractivity contribution in [1.29, 1.82) is 0 Å². The molecule has 1 heteroatoms. The van der Waals surface area contributed by atoms with E-state index in [1.54, 1.807) is 0 Å². The molecule has 0 aliphatic heterocycles. The molecule has 4 fully saturated rings. The molecule has 2 unspecified atom stereocenters. The second-order valence-corrected chi connectivity index (χ2v) is 3.54. The highest BCUT2D eigenvalue weighted by atomic mass is 15.1. The van der Waals surface area contributed by atoms with Crippen LogP contribution < -0.4 is 5.32 Å². The van der Waals surface area contributed by atoms with Crippen molar-refractivity contribution in [3.8, 4) is 0 Å². The van der Waals surface area contributed by atoms with Gasteiger partial charge in [0.05, 0.1) is 0 Å². The van der Waals surface area contributed by atoms with Crippen LogP contribution in [0.1, 0.15) is 12.8 Å². The zero-order chi connectivity index (χ0) is 5.35. The molecule has 4 saturated carbocycles. The quantitative estimate of drug-likeness (QED) is 0.520. The van der Waals surface area contributed by atoms with Gasteiger partial charge in [-0.15, -0.1) is 0 Å². The number of hydrogen-bond donors (Lipinski definition) is 1.